The highest BCUT2D eigenvalue weighted by Gasteiger charge is 2.40. The van der Waals surface area contributed by atoms with Crippen LogP contribution in [0.2, 0.25) is 0 Å². The first-order valence-electron chi connectivity index (χ1n) is 9.49. The van der Waals surface area contributed by atoms with Crippen LogP contribution in [0.25, 0.3) is 0 Å². The maximum Gasteiger partial charge on any atom is 0.410 e. The van der Waals surface area contributed by atoms with Gasteiger partial charge >= 0.3 is 12.1 Å². The zero-order chi connectivity index (χ0) is 23.3. The minimum atomic E-state index is -0.875. The Hall–Kier alpha value is -3.67. The molecule has 0 aliphatic carbocycles. The molecule has 0 spiro atoms. The lowest BCUT2D eigenvalue weighted by atomic mass is 10.2. The van der Waals surface area contributed by atoms with Crippen molar-refractivity contribution < 1.29 is 28.9 Å². The van der Waals surface area contributed by atoms with Gasteiger partial charge in [-0.3, -0.25) is 25.1 Å². The molecule has 0 radical (unpaired) electrons. The molecule has 1 fully saturated rings. The summed E-state index contributed by atoms with van der Waals surface area (Å²) in [7, 11) is 0. The van der Waals surface area contributed by atoms with E-state index in [0.717, 1.165) is 0 Å². The zero-order valence-electron chi connectivity index (χ0n) is 16.7. The summed E-state index contributed by atoms with van der Waals surface area (Å²) in [6, 6.07) is 10.3. The Balaban J connectivity index is 1.55. The fourth-order valence-corrected chi connectivity index (χ4v) is 3.52. The summed E-state index contributed by atoms with van der Waals surface area (Å²) in [6.45, 7) is -0.0229. The van der Waals surface area contributed by atoms with E-state index < -0.39 is 28.0 Å². The standard InChI is InChI=1S/C20H19N3O8S/c24-19(30-11-13-1-5-15(6-2-13)22(26)27)18-9-17(32)10-21(18)20(25)31-12-14-3-7-16(8-4-14)23(28)29/h1-8,17-18,32H,9-12H2/t17-,18-/m0/s1. The van der Waals surface area contributed by atoms with Crippen molar-refractivity contribution in [2.45, 2.75) is 30.9 Å². The normalized spacial score (nSPS) is 17.6. The second-order valence-electron chi connectivity index (χ2n) is 7.07. The summed E-state index contributed by atoms with van der Waals surface area (Å²) in [5.74, 6) is -0.632. The number of thiol groups is 1. The van der Waals surface area contributed by atoms with Crippen molar-refractivity contribution in [2.24, 2.45) is 0 Å². The van der Waals surface area contributed by atoms with Crippen LogP contribution in [0.4, 0.5) is 16.2 Å². The second-order valence-corrected chi connectivity index (χ2v) is 7.80. The van der Waals surface area contributed by atoms with E-state index in [1.54, 1.807) is 0 Å². The van der Waals surface area contributed by atoms with Crippen molar-refractivity contribution in [3.05, 3.63) is 79.9 Å². The smallest absolute Gasteiger partial charge is 0.410 e. The van der Waals surface area contributed by atoms with E-state index in [2.05, 4.69) is 12.6 Å². The highest BCUT2D eigenvalue weighted by molar-refractivity contribution is 7.81. The van der Waals surface area contributed by atoms with Crippen LogP contribution >= 0.6 is 12.6 Å². The fourth-order valence-electron chi connectivity index (χ4n) is 3.15. The third-order valence-electron chi connectivity index (χ3n) is 4.82. The van der Waals surface area contributed by atoms with Crippen molar-refractivity contribution in [3.8, 4) is 0 Å². The molecular formula is C20H19N3O8S. The van der Waals surface area contributed by atoms with Crippen LogP contribution < -0.4 is 0 Å². The number of benzene rings is 2. The number of carbonyl (C=O) groups is 2. The lowest BCUT2D eigenvalue weighted by molar-refractivity contribution is -0.385. The van der Waals surface area contributed by atoms with Gasteiger partial charge in [0.05, 0.1) is 9.85 Å². The van der Waals surface area contributed by atoms with Crippen molar-refractivity contribution in [3.63, 3.8) is 0 Å². The van der Waals surface area contributed by atoms with Gasteiger partial charge in [-0.15, -0.1) is 0 Å². The quantitative estimate of drug-likeness (QED) is 0.287. The highest BCUT2D eigenvalue weighted by Crippen LogP contribution is 2.25. The molecule has 32 heavy (non-hydrogen) atoms. The second kappa shape index (κ2) is 10.1. The summed E-state index contributed by atoms with van der Waals surface area (Å²) >= 11 is 4.35. The Labute approximate surface area is 187 Å². The number of rotatable bonds is 7. The molecular weight excluding hydrogens is 442 g/mol. The first-order valence-corrected chi connectivity index (χ1v) is 10.0. The zero-order valence-corrected chi connectivity index (χ0v) is 17.6. The SMILES string of the molecule is O=C(OCc1ccc([N+](=O)[O-])cc1)[C@@H]1C[C@H](S)CN1C(=O)OCc1ccc([N+](=O)[O-])cc1. The average molecular weight is 461 g/mol. The third kappa shape index (κ3) is 5.72. The van der Waals surface area contributed by atoms with Crippen LogP contribution in [-0.2, 0) is 27.5 Å². The molecule has 0 unspecified atom stereocenters. The first kappa shape index (κ1) is 23.0. The lowest BCUT2D eigenvalue weighted by Gasteiger charge is -2.22. The third-order valence-corrected chi connectivity index (χ3v) is 5.20. The largest absolute Gasteiger partial charge is 0.459 e. The molecule has 1 saturated heterocycles. The number of hydrogen-bond donors (Lipinski definition) is 1. The maximum absolute atomic E-state index is 12.6. The summed E-state index contributed by atoms with van der Waals surface area (Å²) in [6.07, 6.45) is -0.438. The van der Waals surface area contributed by atoms with Crippen molar-refractivity contribution in [2.75, 3.05) is 6.54 Å². The summed E-state index contributed by atoms with van der Waals surface area (Å²) in [5.41, 5.74) is 0.976. The van der Waals surface area contributed by atoms with E-state index in [9.17, 15) is 29.8 Å². The number of carbonyl (C=O) groups excluding carboxylic acids is 2. The lowest BCUT2D eigenvalue weighted by Crippen LogP contribution is -2.41. The summed E-state index contributed by atoms with van der Waals surface area (Å²) in [5, 5.41) is 21.2. The topological polar surface area (TPSA) is 142 Å². The van der Waals surface area contributed by atoms with Gasteiger partial charge < -0.3 is 9.47 Å². The van der Waals surface area contributed by atoms with E-state index in [-0.39, 0.29) is 42.8 Å². The van der Waals surface area contributed by atoms with Gasteiger partial charge in [0.1, 0.15) is 19.3 Å². The number of hydrogen-bond acceptors (Lipinski definition) is 9. The fraction of sp³-hybridized carbons (Fsp3) is 0.300. The Kier molecular flexibility index (Phi) is 7.25. The molecule has 2 aromatic rings. The van der Waals surface area contributed by atoms with E-state index in [4.69, 9.17) is 9.47 Å². The predicted octanol–water partition coefficient (Wildman–Crippen LogP) is 3.26. The van der Waals surface area contributed by atoms with Gasteiger partial charge in [-0.25, -0.2) is 9.59 Å². The molecule has 3 rings (SSSR count). The summed E-state index contributed by atoms with van der Waals surface area (Å²) in [4.78, 5) is 46.7. The van der Waals surface area contributed by atoms with Gasteiger partial charge in [-0.05, 0) is 41.8 Å². The molecule has 1 heterocycles. The van der Waals surface area contributed by atoms with E-state index in [1.807, 2.05) is 0 Å². The monoisotopic (exact) mass is 461 g/mol. The van der Waals surface area contributed by atoms with Gasteiger partial charge in [0.15, 0.2) is 0 Å². The van der Waals surface area contributed by atoms with Crippen molar-refractivity contribution in [1.29, 1.82) is 0 Å². The van der Waals surface area contributed by atoms with E-state index >= 15 is 0 Å². The number of non-ortho nitro benzene ring substituents is 2. The molecule has 1 aliphatic heterocycles. The average Bonchev–Trinajstić information content (AvgIpc) is 3.18. The minimum absolute atomic E-state index is 0.0734. The van der Waals surface area contributed by atoms with E-state index in [0.29, 0.717) is 11.1 Å². The maximum atomic E-state index is 12.6. The number of amides is 1. The molecule has 12 heteroatoms. The van der Waals surface area contributed by atoms with Gasteiger partial charge in [0, 0.05) is 36.1 Å². The van der Waals surface area contributed by atoms with Crippen LogP contribution in [-0.4, -0.2) is 44.6 Å². The molecule has 1 aliphatic rings. The number of ether oxygens (including phenoxy) is 2. The number of esters is 1. The number of likely N-dealkylation sites (tertiary alicyclic amines) is 1. The van der Waals surface area contributed by atoms with Crippen molar-refractivity contribution >= 4 is 36.1 Å². The summed E-state index contributed by atoms with van der Waals surface area (Å²) < 4.78 is 10.5. The van der Waals surface area contributed by atoms with Crippen LogP contribution in [0.1, 0.15) is 17.5 Å². The Morgan fingerprint density at radius 1 is 0.906 bits per heavy atom. The Morgan fingerprint density at radius 2 is 1.38 bits per heavy atom. The van der Waals surface area contributed by atoms with Crippen LogP contribution in [0.3, 0.4) is 0 Å². The Morgan fingerprint density at radius 3 is 1.84 bits per heavy atom. The Bertz CT molecular complexity index is 931. The van der Waals surface area contributed by atoms with Gasteiger partial charge in [0.2, 0.25) is 0 Å². The molecule has 0 N–H and O–H groups in total. The van der Waals surface area contributed by atoms with Crippen molar-refractivity contribution in [1.82, 2.24) is 4.90 Å². The molecule has 2 atom stereocenters. The molecule has 168 valence electrons. The molecule has 2 aromatic carbocycles. The van der Waals surface area contributed by atoms with Gasteiger partial charge in [0.25, 0.3) is 11.4 Å². The minimum Gasteiger partial charge on any atom is -0.459 e. The van der Waals surface area contributed by atoms with Gasteiger partial charge in [-0.1, -0.05) is 0 Å². The van der Waals surface area contributed by atoms with E-state index in [1.165, 1.54) is 53.4 Å². The first-order chi connectivity index (χ1) is 15.2. The van der Waals surface area contributed by atoms with Crippen LogP contribution in [0.15, 0.2) is 48.5 Å². The number of nitro groups is 2. The molecule has 0 bridgehead atoms. The molecule has 1 amide bonds. The predicted molar refractivity (Wildman–Crippen MR) is 114 cm³/mol. The number of nitrogens with zero attached hydrogens (tertiary/aromatic N) is 3. The van der Waals surface area contributed by atoms with Crippen LogP contribution in [0.5, 0.6) is 0 Å². The molecule has 0 aromatic heterocycles. The number of nitro benzene ring substituents is 2. The van der Waals surface area contributed by atoms with Crippen LogP contribution in [0, 0.1) is 20.2 Å². The van der Waals surface area contributed by atoms with Gasteiger partial charge in [-0.2, -0.15) is 12.6 Å². The molecule has 0 saturated carbocycles. The highest BCUT2D eigenvalue weighted by atomic mass is 32.1. The molecule has 11 nitrogen and oxygen atoms in total.